The van der Waals surface area contributed by atoms with Crippen LogP contribution in [0.5, 0.6) is 5.75 Å². The highest BCUT2D eigenvalue weighted by Crippen LogP contribution is 2.31. The molecule has 2 aliphatic heterocycles. The van der Waals surface area contributed by atoms with Crippen molar-refractivity contribution in [2.75, 3.05) is 39.3 Å². The molecule has 0 aromatic heterocycles. The molecular weight excluding hydrogens is 290 g/mol. The highest BCUT2D eigenvalue weighted by atomic mass is 16.5. The van der Waals surface area contributed by atoms with Crippen LogP contribution < -0.4 is 10.1 Å². The molecule has 2 aliphatic rings. The van der Waals surface area contributed by atoms with Gasteiger partial charge in [0.25, 0.3) is 0 Å². The number of benzene rings is 1. The van der Waals surface area contributed by atoms with Crippen molar-refractivity contribution in [1.29, 1.82) is 0 Å². The fourth-order valence-electron chi connectivity index (χ4n) is 3.42. The molecule has 1 fully saturated rings. The number of para-hydroxylation sites is 1. The van der Waals surface area contributed by atoms with Crippen molar-refractivity contribution in [2.45, 2.75) is 32.2 Å². The number of urea groups is 1. The Balaban J connectivity index is 1.48. The average molecular weight is 317 g/mol. The standard InChI is InChI=1S/C18H27N3O2/c1-2-21(13-7-12-20-10-5-6-11-20)18(22)19-16-14-23-17-9-4-3-8-15(16)17/h3-4,8-9,16H,2,5-7,10-14H2,1H3,(H,19,22). The SMILES string of the molecule is CCN(CCCN1CCCC1)C(=O)NC1COc2ccccc21. The summed E-state index contributed by atoms with van der Waals surface area (Å²) in [6, 6.07) is 7.90. The first-order valence-corrected chi connectivity index (χ1v) is 8.77. The lowest BCUT2D eigenvalue weighted by molar-refractivity contribution is 0.189. The number of likely N-dealkylation sites (tertiary alicyclic amines) is 1. The van der Waals surface area contributed by atoms with Crippen LogP contribution in [0, 0.1) is 0 Å². The van der Waals surface area contributed by atoms with Gasteiger partial charge in [0.1, 0.15) is 12.4 Å². The lowest BCUT2D eigenvalue weighted by Gasteiger charge is -2.24. The number of carbonyl (C=O) groups excluding carboxylic acids is 1. The van der Waals surface area contributed by atoms with Gasteiger partial charge in [-0.15, -0.1) is 0 Å². The highest BCUT2D eigenvalue weighted by Gasteiger charge is 2.26. The second-order valence-electron chi connectivity index (χ2n) is 6.33. The lowest BCUT2D eigenvalue weighted by atomic mass is 10.1. The quantitative estimate of drug-likeness (QED) is 0.877. The first-order chi connectivity index (χ1) is 11.3. The summed E-state index contributed by atoms with van der Waals surface area (Å²) < 4.78 is 5.63. The molecule has 0 radical (unpaired) electrons. The predicted molar refractivity (Wildman–Crippen MR) is 90.7 cm³/mol. The smallest absolute Gasteiger partial charge is 0.317 e. The Bertz CT molecular complexity index is 529. The molecule has 1 atom stereocenters. The van der Waals surface area contributed by atoms with E-state index in [9.17, 15) is 4.79 Å². The molecule has 3 rings (SSSR count). The molecular formula is C18H27N3O2. The zero-order valence-electron chi connectivity index (χ0n) is 14.0. The molecule has 1 aromatic carbocycles. The van der Waals surface area contributed by atoms with Gasteiger partial charge in [-0.2, -0.15) is 0 Å². The van der Waals surface area contributed by atoms with Crippen molar-refractivity contribution in [3.63, 3.8) is 0 Å². The van der Waals surface area contributed by atoms with Gasteiger partial charge in [-0.1, -0.05) is 18.2 Å². The summed E-state index contributed by atoms with van der Waals surface area (Å²) in [6.45, 7) is 7.64. The van der Waals surface area contributed by atoms with Crippen LogP contribution in [0.1, 0.15) is 37.8 Å². The maximum Gasteiger partial charge on any atom is 0.317 e. The normalized spacial score (nSPS) is 20.1. The number of carbonyl (C=O) groups is 1. The van der Waals surface area contributed by atoms with Crippen LogP contribution in [0.3, 0.4) is 0 Å². The Morgan fingerprint density at radius 1 is 1.35 bits per heavy atom. The Morgan fingerprint density at radius 3 is 2.91 bits per heavy atom. The van der Waals surface area contributed by atoms with E-state index in [1.165, 1.54) is 25.9 Å². The summed E-state index contributed by atoms with van der Waals surface area (Å²) in [5.41, 5.74) is 1.08. The number of nitrogens with one attached hydrogen (secondary N) is 1. The Kier molecular flexibility index (Phi) is 5.39. The van der Waals surface area contributed by atoms with E-state index in [-0.39, 0.29) is 12.1 Å². The van der Waals surface area contributed by atoms with Gasteiger partial charge >= 0.3 is 6.03 Å². The minimum absolute atomic E-state index is 0.0132. The molecule has 1 aromatic rings. The molecule has 1 N–H and O–H groups in total. The van der Waals surface area contributed by atoms with Gasteiger partial charge in [-0.25, -0.2) is 4.79 Å². The van der Waals surface area contributed by atoms with Crippen molar-refractivity contribution in [3.05, 3.63) is 29.8 Å². The number of rotatable bonds is 6. The fourth-order valence-corrected chi connectivity index (χ4v) is 3.42. The van der Waals surface area contributed by atoms with Crippen LogP contribution in [0.4, 0.5) is 4.79 Å². The largest absolute Gasteiger partial charge is 0.491 e. The van der Waals surface area contributed by atoms with Gasteiger partial charge in [0.15, 0.2) is 0 Å². The zero-order valence-corrected chi connectivity index (χ0v) is 14.0. The van der Waals surface area contributed by atoms with E-state index < -0.39 is 0 Å². The molecule has 5 heteroatoms. The van der Waals surface area contributed by atoms with Gasteiger partial charge in [0.2, 0.25) is 0 Å². The van der Waals surface area contributed by atoms with Gasteiger partial charge in [-0.05, 0) is 51.9 Å². The number of hydrogen-bond acceptors (Lipinski definition) is 3. The van der Waals surface area contributed by atoms with E-state index >= 15 is 0 Å². The van der Waals surface area contributed by atoms with Crippen molar-refractivity contribution in [2.24, 2.45) is 0 Å². The summed E-state index contributed by atoms with van der Waals surface area (Å²) in [4.78, 5) is 16.9. The Hall–Kier alpha value is -1.75. The van der Waals surface area contributed by atoms with Gasteiger partial charge in [0, 0.05) is 18.7 Å². The number of fused-ring (bicyclic) bond motifs is 1. The number of amides is 2. The van der Waals surface area contributed by atoms with Crippen LogP contribution in [-0.2, 0) is 0 Å². The minimum Gasteiger partial charge on any atom is -0.491 e. The second-order valence-corrected chi connectivity index (χ2v) is 6.33. The summed E-state index contributed by atoms with van der Waals surface area (Å²) in [5.74, 6) is 0.884. The molecule has 23 heavy (non-hydrogen) atoms. The summed E-state index contributed by atoms with van der Waals surface area (Å²) in [7, 11) is 0. The lowest BCUT2D eigenvalue weighted by Crippen LogP contribution is -2.43. The van der Waals surface area contributed by atoms with E-state index in [4.69, 9.17) is 4.74 Å². The maximum atomic E-state index is 12.5. The van der Waals surface area contributed by atoms with Crippen LogP contribution in [0.2, 0.25) is 0 Å². The van der Waals surface area contributed by atoms with Crippen molar-refractivity contribution in [3.8, 4) is 5.75 Å². The van der Waals surface area contributed by atoms with E-state index in [1.807, 2.05) is 36.1 Å². The van der Waals surface area contributed by atoms with Crippen LogP contribution >= 0.6 is 0 Å². The van der Waals surface area contributed by atoms with E-state index in [0.717, 1.165) is 37.4 Å². The van der Waals surface area contributed by atoms with Gasteiger partial charge < -0.3 is 19.9 Å². The van der Waals surface area contributed by atoms with Crippen molar-refractivity contribution < 1.29 is 9.53 Å². The number of ether oxygens (including phenoxy) is 1. The molecule has 0 spiro atoms. The summed E-state index contributed by atoms with van der Waals surface area (Å²) in [5, 5.41) is 3.11. The average Bonchev–Trinajstić information content (AvgIpc) is 3.22. The van der Waals surface area contributed by atoms with Crippen LogP contribution in [-0.4, -0.2) is 55.2 Å². The predicted octanol–water partition coefficient (Wildman–Crippen LogP) is 2.64. The van der Waals surface area contributed by atoms with Crippen molar-refractivity contribution in [1.82, 2.24) is 15.1 Å². The molecule has 5 nitrogen and oxygen atoms in total. The monoisotopic (exact) mass is 317 g/mol. The second kappa shape index (κ2) is 7.68. The summed E-state index contributed by atoms with van der Waals surface area (Å²) >= 11 is 0. The molecule has 1 saturated heterocycles. The van der Waals surface area contributed by atoms with Crippen LogP contribution in [0.15, 0.2) is 24.3 Å². The highest BCUT2D eigenvalue weighted by molar-refractivity contribution is 5.75. The van der Waals surface area contributed by atoms with E-state index in [2.05, 4.69) is 10.2 Å². The molecule has 0 aliphatic carbocycles. The first kappa shape index (κ1) is 16.1. The molecule has 126 valence electrons. The molecule has 0 saturated carbocycles. The Labute approximate surface area is 138 Å². The fraction of sp³-hybridized carbons (Fsp3) is 0.611. The van der Waals surface area contributed by atoms with Gasteiger partial charge in [0.05, 0.1) is 6.04 Å². The van der Waals surface area contributed by atoms with Crippen LogP contribution in [0.25, 0.3) is 0 Å². The molecule has 2 amide bonds. The number of nitrogens with zero attached hydrogens (tertiary/aromatic N) is 2. The topological polar surface area (TPSA) is 44.8 Å². The maximum absolute atomic E-state index is 12.5. The van der Waals surface area contributed by atoms with Crippen molar-refractivity contribution >= 4 is 6.03 Å². The first-order valence-electron chi connectivity index (χ1n) is 8.77. The zero-order chi connectivity index (χ0) is 16.1. The molecule has 1 unspecified atom stereocenters. The third-order valence-corrected chi connectivity index (χ3v) is 4.77. The third kappa shape index (κ3) is 3.96. The minimum atomic E-state index is -0.0358. The van der Waals surface area contributed by atoms with E-state index in [1.54, 1.807) is 0 Å². The van der Waals surface area contributed by atoms with Gasteiger partial charge in [-0.3, -0.25) is 0 Å². The molecule has 2 heterocycles. The summed E-state index contributed by atoms with van der Waals surface area (Å²) in [6.07, 6.45) is 3.68. The van der Waals surface area contributed by atoms with E-state index in [0.29, 0.717) is 6.61 Å². The third-order valence-electron chi connectivity index (χ3n) is 4.77. The number of hydrogen-bond donors (Lipinski definition) is 1. The molecule has 0 bridgehead atoms. The Morgan fingerprint density at radius 2 is 2.13 bits per heavy atom.